The Kier molecular flexibility index (Phi) is 3.53. The van der Waals surface area contributed by atoms with Gasteiger partial charge in [0.25, 0.3) is 5.91 Å². The fourth-order valence-electron chi connectivity index (χ4n) is 2.26. The van der Waals surface area contributed by atoms with Crippen LogP contribution in [0.25, 0.3) is 11.0 Å². The Hall–Kier alpha value is -2.48. The number of fused-ring (bicyclic) bond motifs is 1. The summed E-state index contributed by atoms with van der Waals surface area (Å²) in [5.41, 5.74) is 1.82. The van der Waals surface area contributed by atoms with E-state index in [0.717, 1.165) is 0 Å². The Morgan fingerprint density at radius 2 is 2.19 bits per heavy atom. The number of aromatic nitrogens is 3. The molecule has 1 aliphatic rings. The van der Waals surface area contributed by atoms with Crippen LogP contribution >= 0.6 is 0 Å². The fraction of sp³-hybridized carbons (Fsp3) is 0.385. The highest BCUT2D eigenvalue weighted by atomic mass is 16.6. The molecule has 1 amide bonds. The van der Waals surface area contributed by atoms with Crippen LogP contribution in [0.2, 0.25) is 0 Å². The molecule has 2 heterocycles. The maximum absolute atomic E-state index is 12.5. The van der Waals surface area contributed by atoms with Crippen molar-refractivity contribution in [1.82, 2.24) is 20.3 Å². The fourth-order valence-corrected chi connectivity index (χ4v) is 2.26. The number of nitrogens with one attached hydrogen (secondary N) is 1. The van der Waals surface area contributed by atoms with E-state index < -0.39 is 12.1 Å². The van der Waals surface area contributed by atoms with Crippen molar-refractivity contribution >= 4 is 22.9 Å². The summed E-state index contributed by atoms with van der Waals surface area (Å²) in [6.07, 6.45) is -0.733. The zero-order valence-electron chi connectivity index (χ0n) is 11.4. The van der Waals surface area contributed by atoms with Gasteiger partial charge in [-0.25, -0.2) is 4.79 Å². The third kappa shape index (κ3) is 2.57. The largest absolute Gasteiger partial charge is 0.467 e. The summed E-state index contributed by atoms with van der Waals surface area (Å²) in [6, 6.07) is 5.09. The maximum atomic E-state index is 12.5. The topological polar surface area (TPSA) is 97.4 Å². The van der Waals surface area contributed by atoms with Crippen molar-refractivity contribution in [2.45, 2.75) is 6.10 Å². The van der Waals surface area contributed by atoms with E-state index in [9.17, 15) is 9.59 Å². The van der Waals surface area contributed by atoms with Crippen molar-refractivity contribution in [2.24, 2.45) is 0 Å². The summed E-state index contributed by atoms with van der Waals surface area (Å²) in [5, 5.41) is 10.4. The minimum Gasteiger partial charge on any atom is -0.467 e. The quantitative estimate of drug-likeness (QED) is 0.780. The van der Waals surface area contributed by atoms with E-state index in [-0.39, 0.29) is 12.5 Å². The number of hydrogen-bond acceptors (Lipinski definition) is 6. The molecule has 1 saturated heterocycles. The third-order valence-electron chi connectivity index (χ3n) is 3.38. The van der Waals surface area contributed by atoms with Crippen molar-refractivity contribution in [3.63, 3.8) is 0 Å². The number of aromatic amines is 1. The summed E-state index contributed by atoms with van der Waals surface area (Å²) >= 11 is 0. The van der Waals surface area contributed by atoms with Crippen molar-refractivity contribution in [3.05, 3.63) is 23.8 Å². The molecule has 1 aromatic heterocycles. The molecule has 0 spiro atoms. The molecule has 1 N–H and O–H groups in total. The normalized spacial score (nSPS) is 18.7. The summed E-state index contributed by atoms with van der Waals surface area (Å²) in [6.45, 7) is 0.920. The number of carbonyl (C=O) groups excluding carboxylic acids is 2. The molecule has 2 aromatic rings. The highest BCUT2D eigenvalue weighted by Gasteiger charge is 2.30. The van der Waals surface area contributed by atoms with Gasteiger partial charge in [-0.3, -0.25) is 4.79 Å². The van der Waals surface area contributed by atoms with Crippen LogP contribution in [0.1, 0.15) is 10.4 Å². The lowest BCUT2D eigenvalue weighted by Crippen LogP contribution is -2.48. The lowest BCUT2D eigenvalue weighted by Gasteiger charge is -2.31. The zero-order chi connectivity index (χ0) is 14.8. The van der Waals surface area contributed by atoms with E-state index in [1.807, 2.05) is 0 Å². The van der Waals surface area contributed by atoms with E-state index in [1.165, 1.54) is 7.11 Å². The smallest absolute Gasteiger partial charge is 0.336 e. The van der Waals surface area contributed by atoms with E-state index >= 15 is 0 Å². The Balaban J connectivity index is 1.78. The van der Waals surface area contributed by atoms with Crippen molar-refractivity contribution in [1.29, 1.82) is 0 Å². The van der Waals surface area contributed by atoms with Gasteiger partial charge in [0.05, 0.1) is 20.3 Å². The van der Waals surface area contributed by atoms with Gasteiger partial charge in [0, 0.05) is 12.1 Å². The third-order valence-corrected chi connectivity index (χ3v) is 3.38. The molecule has 1 unspecified atom stereocenters. The van der Waals surface area contributed by atoms with Gasteiger partial charge in [-0.05, 0) is 18.2 Å². The Bertz CT molecular complexity index is 684. The van der Waals surface area contributed by atoms with Gasteiger partial charge in [-0.15, -0.1) is 0 Å². The van der Waals surface area contributed by atoms with Gasteiger partial charge in [0.2, 0.25) is 0 Å². The first-order valence-corrected chi connectivity index (χ1v) is 6.48. The highest BCUT2D eigenvalue weighted by molar-refractivity contribution is 5.97. The van der Waals surface area contributed by atoms with Gasteiger partial charge in [-0.1, -0.05) is 0 Å². The number of rotatable bonds is 2. The summed E-state index contributed by atoms with van der Waals surface area (Å²) < 4.78 is 9.96. The molecule has 1 atom stereocenters. The molecule has 1 fully saturated rings. The summed E-state index contributed by atoms with van der Waals surface area (Å²) in [7, 11) is 1.30. The molecular formula is C13H14N4O4. The van der Waals surface area contributed by atoms with Gasteiger partial charge in [0.15, 0.2) is 6.10 Å². The van der Waals surface area contributed by atoms with E-state index in [2.05, 4.69) is 20.1 Å². The van der Waals surface area contributed by atoms with Crippen LogP contribution in [0.15, 0.2) is 18.2 Å². The second-order valence-electron chi connectivity index (χ2n) is 4.66. The van der Waals surface area contributed by atoms with Crippen LogP contribution in [0.4, 0.5) is 0 Å². The molecule has 3 rings (SSSR count). The molecule has 0 aliphatic carbocycles. The predicted molar refractivity (Wildman–Crippen MR) is 71.5 cm³/mol. The first-order valence-electron chi connectivity index (χ1n) is 6.48. The van der Waals surface area contributed by atoms with Crippen LogP contribution in [-0.2, 0) is 14.3 Å². The number of hydrogen-bond donors (Lipinski definition) is 1. The molecule has 0 radical (unpaired) electrons. The Morgan fingerprint density at radius 3 is 3.00 bits per heavy atom. The lowest BCUT2D eigenvalue weighted by atomic mass is 10.1. The van der Waals surface area contributed by atoms with Crippen molar-refractivity contribution < 1.29 is 19.1 Å². The van der Waals surface area contributed by atoms with Gasteiger partial charge in [-0.2, -0.15) is 15.4 Å². The minimum atomic E-state index is -0.733. The Labute approximate surface area is 120 Å². The summed E-state index contributed by atoms with van der Waals surface area (Å²) in [5.74, 6) is -0.642. The number of H-pyrrole nitrogens is 1. The molecule has 8 heteroatoms. The number of morpholine rings is 1. The molecular weight excluding hydrogens is 276 g/mol. The SMILES string of the molecule is COC(=O)C1CN(C(=O)c2ccc3n[nH]nc3c2)CCO1. The lowest BCUT2D eigenvalue weighted by molar-refractivity contribution is -0.158. The first kappa shape index (κ1) is 13.5. The van der Waals surface area contributed by atoms with Crippen LogP contribution in [0.5, 0.6) is 0 Å². The number of amides is 1. The van der Waals surface area contributed by atoms with Crippen LogP contribution in [0.3, 0.4) is 0 Å². The number of nitrogens with zero attached hydrogens (tertiary/aromatic N) is 3. The molecule has 21 heavy (non-hydrogen) atoms. The maximum Gasteiger partial charge on any atom is 0.336 e. The van der Waals surface area contributed by atoms with Crippen LogP contribution in [0, 0.1) is 0 Å². The van der Waals surface area contributed by atoms with Crippen molar-refractivity contribution in [3.8, 4) is 0 Å². The number of ether oxygens (including phenoxy) is 2. The Morgan fingerprint density at radius 1 is 1.38 bits per heavy atom. The predicted octanol–water partition coefficient (Wildman–Crippen LogP) is -0.0281. The minimum absolute atomic E-state index is 0.169. The zero-order valence-corrected chi connectivity index (χ0v) is 11.4. The monoisotopic (exact) mass is 290 g/mol. The number of esters is 1. The highest BCUT2D eigenvalue weighted by Crippen LogP contribution is 2.15. The average Bonchev–Trinajstić information content (AvgIpc) is 3.01. The van der Waals surface area contributed by atoms with E-state index in [4.69, 9.17) is 4.74 Å². The van der Waals surface area contributed by atoms with Gasteiger partial charge >= 0.3 is 5.97 Å². The number of carbonyl (C=O) groups is 2. The average molecular weight is 290 g/mol. The van der Waals surface area contributed by atoms with Gasteiger partial charge in [0.1, 0.15) is 11.0 Å². The van der Waals surface area contributed by atoms with Crippen LogP contribution < -0.4 is 0 Å². The van der Waals surface area contributed by atoms with Crippen LogP contribution in [-0.4, -0.2) is 65.1 Å². The second-order valence-corrected chi connectivity index (χ2v) is 4.66. The molecule has 8 nitrogen and oxygen atoms in total. The first-order chi connectivity index (χ1) is 10.2. The number of benzene rings is 1. The number of methoxy groups -OCH3 is 1. The molecule has 0 bridgehead atoms. The van der Waals surface area contributed by atoms with Gasteiger partial charge < -0.3 is 14.4 Å². The molecule has 110 valence electrons. The molecule has 1 aromatic carbocycles. The van der Waals surface area contributed by atoms with Crippen molar-refractivity contribution in [2.75, 3.05) is 26.8 Å². The second kappa shape index (κ2) is 5.49. The molecule has 0 saturated carbocycles. The standard InChI is InChI=1S/C13H14N4O4/c1-20-13(19)11-7-17(4-5-21-11)12(18)8-2-3-9-10(6-8)15-16-14-9/h2-3,6,11H,4-5,7H2,1H3,(H,14,15,16). The molecule has 1 aliphatic heterocycles. The summed E-state index contributed by atoms with van der Waals surface area (Å²) in [4.78, 5) is 25.6. The van der Waals surface area contributed by atoms with E-state index in [1.54, 1.807) is 23.1 Å². The van der Waals surface area contributed by atoms with E-state index in [0.29, 0.717) is 29.7 Å².